The lowest BCUT2D eigenvalue weighted by molar-refractivity contribution is -0.384. The van der Waals surface area contributed by atoms with E-state index < -0.39 is 4.92 Å². The molecule has 1 aliphatic heterocycles. The van der Waals surface area contributed by atoms with Gasteiger partial charge in [0.1, 0.15) is 5.69 Å². The standard InChI is InChI=1S/C15H16N4O3/c16-5-1-6-18(10-13-4-7-22-11-13)14-3-2-12(9-17)8-15(14)19(20)21/h2-3,8,13H,1,4,6-7,10-11H2. The van der Waals surface area contributed by atoms with Gasteiger partial charge in [-0.2, -0.15) is 10.5 Å². The Morgan fingerprint density at radius 3 is 2.86 bits per heavy atom. The minimum Gasteiger partial charge on any atom is -0.381 e. The Morgan fingerprint density at radius 2 is 2.27 bits per heavy atom. The fourth-order valence-electron chi connectivity index (χ4n) is 2.54. The Morgan fingerprint density at radius 1 is 1.45 bits per heavy atom. The first kappa shape index (κ1) is 15.7. The van der Waals surface area contributed by atoms with Crippen molar-refractivity contribution in [2.75, 3.05) is 31.2 Å². The number of nitro groups is 1. The average Bonchev–Trinajstić information content (AvgIpc) is 3.03. The molecule has 1 atom stereocenters. The van der Waals surface area contributed by atoms with Gasteiger partial charge < -0.3 is 9.64 Å². The van der Waals surface area contributed by atoms with Crippen LogP contribution in [0, 0.1) is 38.7 Å². The second-order valence-electron chi connectivity index (χ2n) is 5.16. The summed E-state index contributed by atoms with van der Waals surface area (Å²) in [5.74, 6) is 0.300. The smallest absolute Gasteiger partial charge is 0.293 e. The van der Waals surface area contributed by atoms with E-state index in [1.54, 1.807) is 12.1 Å². The normalized spacial score (nSPS) is 16.7. The Labute approximate surface area is 128 Å². The molecular weight excluding hydrogens is 284 g/mol. The van der Waals surface area contributed by atoms with Crippen LogP contribution in [0.15, 0.2) is 18.2 Å². The highest BCUT2D eigenvalue weighted by Crippen LogP contribution is 2.30. The van der Waals surface area contributed by atoms with Crippen molar-refractivity contribution in [3.8, 4) is 12.1 Å². The van der Waals surface area contributed by atoms with Crippen LogP contribution in [0.25, 0.3) is 0 Å². The molecule has 0 aliphatic carbocycles. The van der Waals surface area contributed by atoms with E-state index in [1.165, 1.54) is 6.07 Å². The molecule has 7 nitrogen and oxygen atoms in total. The van der Waals surface area contributed by atoms with Crippen LogP contribution in [-0.4, -0.2) is 31.2 Å². The van der Waals surface area contributed by atoms with Gasteiger partial charge in [-0.1, -0.05) is 0 Å². The van der Waals surface area contributed by atoms with E-state index in [9.17, 15) is 10.1 Å². The van der Waals surface area contributed by atoms with E-state index in [-0.39, 0.29) is 17.7 Å². The van der Waals surface area contributed by atoms with Gasteiger partial charge in [0.15, 0.2) is 0 Å². The summed E-state index contributed by atoms with van der Waals surface area (Å²) >= 11 is 0. The average molecular weight is 300 g/mol. The van der Waals surface area contributed by atoms with Crippen LogP contribution in [0.3, 0.4) is 0 Å². The summed E-state index contributed by atoms with van der Waals surface area (Å²) < 4.78 is 5.34. The Balaban J connectivity index is 2.30. The summed E-state index contributed by atoms with van der Waals surface area (Å²) in [5.41, 5.74) is 0.599. The molecule has 0 bridgehead atoms. The van der Waals surface area contributed by atoms with Crippen molar-refractivity contribution in [2.45, 2.75) is 12.8 Å². The minimum atomic E-state index is -0.485. The van der Waals surface area contributed by atoms with E-state index in [2.05, 4.69) is 6.07 Å². The largest absolute Gasteiger partial charge is 0.381 e. The molecule has 0 radical (unpaired) electrons. The summed E-state index contributed by atoms with van der Waals surface area (Å²) in [6, 6.07) is 8.41. The summed E-state index contributed by atoms with van der Waals surface area (Å²) in [4.78, 5) is 12.6. The molecule has 1 aliphatic rings. The van der Waals surface area contributed by atoms with Crippen LogP contribution in [0.1, 0.15) is 18.4 Å². The number of anilines is 1. The first-order valence-corrected chi connectivity index (χ1v) is 7.04. The predicted octanol–water partition coefficient (Wildman–Crippen LogP) is 2.22. The zero-order valence-electron chi connectivity index (χ0n) is 12.1. The van der Waals surface area contributed by atoms with Crippen LogP contribution < -0.4 is 4.90 Å². The lowest BCUT2D eigenvalue weighted by Crippen LogP contribution is -2.31. The first-order chi connectivity index (χ1) is 10.7. The number of hydrogen-bond donors (Lipinski definition) is 0. The molecule has 1 fully saturated rings. The van der Waals surface area contributed by atoms with Gasteiger partial charge >= 0.3 is 0 Å². The van der Waals surface area contributed by atoms with Gasteiger partial charge in [-0.15, -0.1) is 0 Å². The monoisotopic (exact) mass is 300 g/mol. The highest BCUT2D eigenvalue weighted by atomic mass is 16.6. The Kier molecular flexibility index (Phi) is 5.29. The van der Waals surface area contributed by atoms with Crippen molar-refractivity contribution in [1.29, 1.82) is 10.5 Å². The van der Waals surface area contributed by atoms with Crippen LogP contribution in [0.2, 0.25) is 0 Å². The fourth-order valence-corrected chi connectivity index (χ4v) is 2.54. The van der Waals surface area contributed by atoms with E-state index in [0.29, 0.717) is 37.9 Å². The van der Waals surface area contributed by atoms with Crippen molar-refractivity contribution in [1.82, 2.24) is 0 Å². The number of ether oxygens (including phenoxy) is 1. The van der Waals surface area contributed by atoms with Gasteiger partial charge in [-0.3, -0.25) is 10.1 Å². The zero-order valence-corrected chi connectivity index (χ0v) is 12.1. The Bertz CT molecular complexity index is 627. The van der Waals surface area contributed by atoms with E-state index in [0.717, 1.165) is 6.42 Å². The van der Waals surface area contributed by atoms with Gasteiger partial charge in [0.25, 0.3) is 5.69 Å². The van der Waals surface area contributed by atoms with Crippen molar-refractivity contribution in [3.63, 3.8) is 0 Å². The van der Waals surface area contributed by atoms with Crippen molar-refractivity contribution in [3.05, 3.63) is 33.9 Å². The summed E-state index contributed by atoms with van der Waals surface area (Å²) in [5, 5.41) is 29.0. The van der Waals surface area contributed by atoms with Gasteiger partial charge in [0, 0.05) is 31.7 Å². The van der Waals surface area contributed by atoms with E-state index in [4.69, 9.17) is 15.3 Å². The maximum Gasteiger partial charge on any atom is 0.293 e. The topological polar surface area (TPSA) is 103 Å². The van der Waals surface area contributed by atoms with Gasteiger partial charge in [0.05, 0.1) is 35.7 Å². The number of nitriles is 2. The Hall–Kier alpha value is -2.64. The molecule has 1 heterocycles. The molecule has 1 aromatic carbocycles. The number of nitro benzene ring substituents is 1. The van der Waals surface area contributed by atoms with Crippen LogP contribution in [0.5, 0.6) is 0 Å². The summed E-state index contributed by atoms with van der Waals surface area (Å²) in [6.07, 6.45) is 1.19. The van der Waals surface area contributed by atoms with Crippen LogP contribution >= 0.6 is 0 Å². The maximum atomic E-state index is 11.3. The zero-order chi connectivity index (χ0) is 15.9. The molecular formula is C15H16N4O3. The molecule has 0 spiro atoms. The molecule has 2 rings (SSSR count). The quantitative estimate of drug-likeness (QED) is 0.589. The molecule has 0 aromatic heterocycles. The lowest BCUT2D eigenvalue weighted by Gasteiger charge is -2.26. The van der Waals surface area contributed by atoms with Crippen LogP contribution in [0.4, 0.5) is 11.4 Å². The van der Waals surface area contributed by atoms with Gasteiger partial charge in [-0.05, 0) is 18.6 Å². The van der Waals surface area contributed by atoms with Crippen molar-refractivity contribution < 1.29 is 9.66 Å². The molecule has 0 saturated carbocycles. The SMILES string of the molecule is N#CCCN(CC1CCOC1)c1ccc(C#N)cc1[N+](=O)[O-]. The molecule has 1 saturated heterocycles. The fraction of sp³-hybridized carbons (Fsp3) is 0.467. The highest BCUT2D eigenvalue weighted by Gasteiger charge is 2.24. The third-order valence-corrected chi connectivity index (χ3v) is 3.64. The third kappa shape index (κ3) is 3.72. The predicted molar refractivity (Wildman–Crippen MR) is 79.2 cm³/mol. The summed E-state index contributed by atoms with van der Waals surface area (Å²) in [7, 11) is 0. The number of benzene rings is 1. The van der Waals surface area contributed by atoms with Gasteiger partial charge in [0.2, 0.25) is 0 Å². The van der Waals surface area contributed by atoms with Gasteiger partial charge in [-0.25, -0.2) is 0 Å². The lowest BCUT2D eigenvalue weighted by atomic mass is 10.1. The van der Waals surface area contributed by atoms with Crippen molar-refractivity contribution >= 4 is 11.4 Å². The minimum absolute atomic E-state index is 0.101. The number of hydrogen-bond acceptors (Lipinski definition) is 6. The highest BCUT2D eigenvalue weighted by molar-refractivity contribution is 5.65. The molecule has 1 unspecified atom stereocenters. The first-order valence-electron chi connectivity index (χ1n) is 7.04. The van der Waals surface area contributed by atoms with Crippen LogP contribution in [-0.2, 0) is 4.74 Å². The molecule has 0 amide bonds. The number of nitrogens with zero attached hydrogens (tertiary/aromatic N) is 4. The summed E-state index contributed by atoms with van der Waals surface area (Å²) in [6.45, 7) is 2.35. The molecule has 7 heteroatoms. The molecule has 22 heavy (non-hydrogen) atoms. The van der Waals surface area contributed by atoms with E-state index in [1.807, 2.05) is 11.0 Å². The second-order valence-corrected chi connectivity index (χ2v) is 5.16. The molecule has 0 N–H and O–H groups in total. The second kappa shape index (κ2) is 7.39. The van der Waals surface area contributed by atoms with Crippen molar-refractivity contribution in [2.24, 2.45) is 5.92 Å². The van der Waals surface area contributed by atoms with E-state index >= 15 is 0 Å². The maximum absolute atomic E-state index is 11.3. The third-order valence-electron chi connectivity index (χ3n) is 3.64. The molecule has 1 aromatic rings. The number of rotatable bonds is 6. The molecule has 114 valence electrons.